The summed E-state index contributed by atoms with van der Waals surface area (Å²) in [7, 11) is 0. The maximum Gasteiger partial charge on any atom is 0.231 e. The van der Waals surface area contributed by atoms with E-state index >= 15 is 0 Å². The maximum absolute atomic E-state index is 5.96. The number of nitrogens with zero attached hydrogens (tertiary/aromatic N) is 1. The molecule has 3 heteroatoms. The fraction of sp³-hybridized carbons (Fsp3) is 0. The van der Waals surface area contributed by atoms with Gasteiger partial charge in [-0.25, -0.2) is 4.98 Å². The molecule has 0 fully saturated rings. The highest BCUT2D eigenvalue weighted by molar-refractivity contribution is 5.77. The van der Waals surface area contributed by atoms with E-state index in [1.165, 1.54) is 0 Å². The molecule has 106 valence electrons. The third kappa shape index (κ3) is 2.33. The average molecular weight is 287 g/mol. The van der Waals surface area contributed by atoms with E-state index in [2.05, 4.69) is 4.98 Å². The van der Waals surface area contributed by atoms with Gasteiger partial charge >= 0.3 is 0 Å². The molecular formula is C19H13NO2. The lowest BCUT2D eigenvalue weighted by molar-refractivity contribution is 0.481. The molecule has 0 aliphatic heterocycles. The molecule has 0 aliphatic carbocycles. The van der Waals surface area contributed by atoms with Gasteiger partial charge in [-0.2, -0.15) is 0 Å². The second-order valence-electron chi connectivity index (χ2n) is 4.90. The first-order valence-corrected chi connectivity index (χ1v) is 7.08. The number of oxazole rings is 1. The molecule has 0 amide bonds. The van der Waals surface area contributed by atoms with Gasteiger partial charge in [-0.05, 0) is 36.4 Å². The van der Waals surface area contributed by atoms with Crippen LogP contribution in [0.3, 0.4) is 0 Å². The number of hydrogen-bond donors (Lipinski definition) is 0. The van der Waals surface area contributed by atoms with E-state index in [0.29, 0.717) is 5.89 Å². The second kappa shape index (κ2) is 5.37. The van der Waals surface area contributed by atoms with Gasteiger partial charge in [0.25, 0.3) is 0 Å². The number of ether oxygens (including phenoxy) is 1. The first kappa shape index (κ1) is 12.7. The Hall–Kier alpha value is -3.07. The standard InChI is InChI=1S/C19H13NO2/c1-2-8-14(9-3-1)21-17-12-6-4-10-15(17)19-20-16-11-5-7-13-18(16)22-19/h1-13H. The van der Waals surface area contributed by atoms with Crippen molar-refractivity contribution in [2.45, 2.75) is 0 Å². The Morgan fingerprint density at radius 2 is 1.45 bits per heavy atom. The Labute approximate surface area is 127 Å². The summed E-state index contributed by atoms with van der Waals surface area (Å²) in [6, 6.07) is 25.1. The Kier molecular flexibility index (Phi) is 3.09. The molecule has 0 saturated carbocycles. The molecule has 0 radical (unpaired) electrons. The summed E-state index contributed by atoms with van der Waals surface area (Å²) in [6.07, 6.45) is 0. The Bertz CT molecular complexity index is 880. The molecule has 0 bridgehead atoms. The lowest BCUT2D eigenvalue weighted by Gasteiger charge is -2.08. The molecule has 0 N–H and O–H groups in total. The molecule has 0 aliphatic rings. The van der Waals surface area contributed by atoms with Crippen molar-refractivity contribution < 1.29 is 9.15 Å². The van der Waals surface area contributed by atoms with E-state index in [9.17, 15) is 0 Å². The minimum atomic E-state index is 0.563. The fourth-order valence-corrected chi connectivity index (χ4v) is 2.34. The highest BCUT2D eigenvalue weighted by Crippen LogP contribution is 2.34. The van der Waals surface area contributed by atoms with Gasteiger partial charge in [0.05, 0.1) is 5.56 Å². The highest BCUT2D eigenvalue weighted by atomic mass is 16.5. The molecule has 1 heterocycles. The summed E-state index contributed by atoms with van der Waals surface area (Å²) in [5.41, 5.74) is 2.45. The third-order valence-electron chi connectivity index (χ3n) is 3.38. The summed E-state index contributed by atoms with van der Waals surface area (Å²) in [5, 5.41) is 0. The van der Waals surface area contributed by atoms with Gasteiger partial charge in [0.15, 0.2) is 5.58 Å². The van der Waals surface area contributed by atoms with Gasteiger partial charge in [0.2, 0.25) is 5.89 Å². The van der Waals surface area contributed by atoms with E-state index in [-0.39, 0.29) is 0 Å². The number of aromatic nitrogens is 1. The minimum absolute atomic E-state index is 0.563. The van der Waals surface area contributed by atoms with Crippen LogP contribution in [0.5, 0.6) is 11.5 Å². The largest absolute Gasteiger partial charge is 0.457 e. The summed E-state index contributed by atoms with van der Waals surface area (Å²) in [6.45, 7) is 0. The van der Waals surface area contributed by atoms with Crippen molar-refractivity contribution in [1.82, 2.24) is 4.98 Å². The van der Waals surface area contributed by atoms with Crippen LogP contribution in [0, 0.1) is 0 Å². The summed E-state index contributed by atoms with van der Waals surface area (Å²) >= 11 is 0. The second-order valence-corrected chi connectivity index (χ2v) is 4.90. The monoisotopic (exact) mass is 287 g/mol. The predicted octanol–water partition coefficient (Wildman–Crippen LogP) is 5.29. The Balaban J connectivity index is 1.78. The van der Waals surface area contributed by atoms with E-state index in [0.717, 1.165) is 28.2 Å². The first-order chi connectivity index (χ1) is 10.9. The van der Waals surface area contributed by atoms with Crippen LogP contribution in [0.1, 0.15) is 0 Å². The molecule has 4 aromatic rings. The van der Waals surface area contributed by atoms with Crippen LogP contribution in [0.4, 0.5) is 0 Å². The predicted molar refractivity (Wildman–Crippen MR) is 86.0 cm³/mol. The SMILES string of the molecule is c1ccc(Oc2ccccc2-c2nc3ccccc3o2)cc1. The fourth-order valence-electron chi connectivity index (χ4n) is 2.34. The molecule has 0 atom stereocenters. The molecule has 3 aromatic carbocycles. The van der Waals surface area contributed by atoms with Gasteiger partial charge in [0, 0.05) is 0 Å². The van der Waals surface area contributed by atoms with E-state index < -0.39 is 0 Å². The van der Waals surface area contributed by atoms with E-state index in [4.69, 9.17) is 9.15 Å². The lowest BCUT2D eigenvalue weighted by atomic mass is 10.2. The van der Waals surface area contributed by atoms with Crippen LogP contribution < -0.4 is 4.74 Å². The van der Waals surface area contributed by atoms with Crippen molar-refractivity contribution >= 4 is 11.1 Å². The molecule has 4 rings (SSSR count). The van der Waals surface area contributed by atoms with Crippen LogP contribution >= 0.6 is 0 Å². The average Bonchev–Trinajstić information content (AvgIpc) is 3.00. The Morgan fingerprint density at radius 1 is 0.727 bits per heavy atom. The van der Waals surface area contributed by atoms with Crippen LogP contribution in [-0.2, 0) is 0 Å². The summed E-state index contributed by atoms with van der Waals surface area (Å²) < 4.78 is 11.8. The molecule has 3 nitrogen and oxygen atoms in total. The lowest BCUT2D eigenvalue weighted by Crippen LogP contribution is -1.87. The molecular weight excluding hydrogens is 274 g/mol. The van der Waals surface area contributed by atoms with Crippen molar-refractivity contribution in [2.24, 2.45) is 0 Å². The zero-order valence-electron chi connectivity index (χ0n) is 11.8. The van der Waals surface area contributed by atoms with E-state index in [1.54, 1.807) is 0 Å². The number of hydrogen-bond acceptors (Lipinski definition) is 3. The van der Waals surface area contributed by atoms with Gasteiger partial charge < -0.3 is 9.15 Å². The van der Waals surface area contributed by atoms with Crippen molar-refractivity contribution in [1.29, 1.82) is 0 Å². The van der Waals surface area contributed by atoms with Crippen LogP contribution in [0.15, 0.2) is 83.3 Å². The highest BCUT2D eigenvalue weighted by Gasteiger charge is 2.13. The molecule has 0 saturated heterocycles. The summed E-state index contributed by atoms with van der Waals surface area (Å²) in [5.74, 6) is 2.07. The zero-order valence-corrected chi connectivity index (χ0v) is 11.8. The van der Waals surface area contributed by atoms with Crippen molar-refractivity contribution in [3.63, 3.8) is 0 Å². The van der Waals surface area contributed by atoms with Crippen molar-refractivity contribution in [3.8, 4) is 23.0 Å². The van der Waals surface area contributed by atoms with Gasteiger partial charge in [-0.15, -0.1) is 0 Å². The topological polar surface area (TPSA) is 35.3 Å². The number of benzene rings is 3. The minimum Gasteiger partial charge on any atom is -0.457 e. The maximum atomic E-state index is 5.96. The third-order valence-corrected chi connectivity index (χ3v) is 3.38. The van der Waals surface area contributed by atoms with Gasteiger partial charge in [-0.1, -0.05) is 42.5 Å². The molecule has 1 aromatic heterocycles. The number of para-hydroxylation sites is 4. The van der Waals surface area contributed by atoms with Crippen LogP contribution in [0.25, 0.3) is 22.6 Å². The van der Waals surface area contributed by atoms with Crippen LogP contribution in [0.2, 0.25) is 0 Å². The molecule has 0 spiro atoms. The molecule has 22 heavy (non-hydrogen) atoms. The van der Waals surface area contributed by atoms with E-state index in [1.807, 2.05) is 78.9 Å². The number of fused-ring (bicyclic) bond motifs is 1. The smallest absolute Gasteiger partial charge is 0.231 e. The van der Waals surface area contributed by atoms with Crippen LogP contribution in [-0.4, -0.2) is 4.98 Å². The summed E-state index contributed by atoms with van der Waals surface area (Å²) in [4.78, 5) is 4.54. The number of rotatable bonds is 3. The van der Waals surface area contributed by atoms with Gasteiger partial charge in [-0.3, -0.25) is 0 Å². The Morgan fingerprint density at radius 3 is 2.32 bits per heavy atom. The zero-order chi connectivity index (χ0) is 14.8. The van der Waals surface area contributed by atoms with Crippen molar-refractivity contribution in [3.05, 3.63) is 78.9 Å². The normalized spacial score (nSPS) is 10.7. The van der Waals surface area contributed by atoms with Crippen molar-refractivity contribution in [2.75, 3.05) is 0 Å². The first-order valence-electron chi connectivity index (χ1n) is 7.08. The quantitative estimate of drug-likeness (QED) is 0.513. The molecule has 0 unspecified atom stereocenters. The van der Waals surface area contributed by atoms with Gasteiger partial charge in [0.1, 0.15) is 17.0 Å².